The number of cyclic esters (lactones) is 1. The Hall–Kier alpha value is -1.47. The van der Waals surface area contributed by atoms with Gasteiger partial charge in [-0.15, -0.1) is 0 Å². The van der Waals surface area contributed by atoms with Crippen molar-refractivity contribution in [1.82, 2.24) is 0 Å². The van der Waals surface area contributed by atoms with E-state index in [1.807, 2.05) is 0 Å². The monoisotopic (exact) mass is 302 g/mol. The molecule has 1 aliphatic rings. The van der Waals surface area contributed by atoms with Crippen molar-refractivity contribution in [2.75, 3.05) is 6.61 Å². The lowest BCUT2D eigenvalue weighted by molar-refractivity contribution is -0.160. The van der Waals surface area contributed by atoms with E-state index < -0.39 is 42.6 Å². The second kappa shape index (κ2) is 8.74. The zero-order chi connectivity index (χ0) is 15.8. The Morgan fingerprint density at radius 1 is 1.29 bits per heavy atom. The van der Waals surface area contributed by atoms with Crippen LogP contribution in [0.4, 0.5) is 0 Å². The molecular weight excluding hydrogens is 280 g/mol. The minimum Gasteiger partial charge on any atom is -0.450 e. The van der Waals surface area contributed by atoms with Gasteiger partial charge in [-0.05, 0) is 6.42 Å². The van der Waals surface area contributed by atoms with Gasteiger partial charge in [0.15, 0.2) is 6.10 Å². The van der Waals surface area contributed by atoms with Crippen molar-refractivity contribution in [3.05, 3.63) is 0 Å². The first-order valence-electron chi connectivity index (χ1n) is 7.24. The highest BCUT2D eigenvalue weighted by Crippen LogP contribution is 2.20. The molecule has 0 aromatic rings. The van der Waals surface area contributed by atoms with E-state index in [9.17, 15) is 19.5 Å². The van der Waals surface area contributed by atoms with Crippen LogP contribution >= 0.6 is 0 Å². The van der Waals surface area contributed by atoms with E-state index in [4.69, 9.17) is 9.84 Å². The highest BCUT2D eigenvalue weighted by molar-refractivity contribution is 6.37. The van der Waals surface area contributed by atoms with E-state index in [1.165, 1.54) is 0 Å². The molecule has 7 nitrogen and oxygen atoms in total. The van der Waals surface area contributed by atoms with Gasteiger partial charge >= 0.3 is 11.9 Å². The van der Waals surface area contributed by atoms with Gasteiger partial charge in [-0.2, -0.15) is 0 Å². The van der Waals surface area contributed by atoms with Crippen LogP contribution in [0.5, 0.6) is 0 Å². The number of carbonyl (C=O) groups excluding carboxylic acids is 3. The molecule has 0 bridgehead atoms. The molecular formula is C14H22O7. The van der Waals surface area contributed by atoms with E-state index in [0.717, 1.165) is 25.7 Å². The van der Waals surface area contributed by atoms with Gasteiger partial charge in [0, 0.05) is 6.42 Å². The van der Waals surface area contributed by atoms with Crippen LogP contribution in [0.1, 0.15) is 45.4 Å². The number of hydrogen-bond donors (Lipinski definition) is 2. The average Bonchev–Trinajstić information content (AvgIpc) is 2.74. The van der Waals surface area contributed by atoms with Crippen molar-refractivity contribution in [2.45, 2.75) is 63.8 Å². The molecule has 0 saturated carbocycles. The van der Waals surface area contributed by atoms with Gasteiger partial charge in [0.2, 0.25) is 6.10 Å². The standard InChI is InChI=1S/C14H22O7/c1-2-3-4-5-6-7-10(17)20-13-11(18)14(19)21-12(13)9(16)8-15/h9,12-13,15-16H,2-8H2,1H3/t9-,12+,13?/m0/s1. The van der Waals surface area contributed by atoms with Gasteiger partial charge in [-0.3, -0.25) is 9.59 Å². The third kappa shape index (κ3) is 5.09. The minimum atomic E-state index is -1.47. The van der Waals surface area contributed by atoms with Gasteiger partial charge in [0.1, 0.15) is 6.10 Å². The number of esters is 2. The van der Waals surface area contributed by atoms with Gasteiger partial charge in [0.25, 0.3) is 5.78 Å². The van der Waals surface area contributed by atoms with Crippen LogP contribution in [-0.4, -0.2) is 52.9 Å². The molecule has 0 aromatic heterocycles. The van der Waals surface area contributed by atoms with E-state index in [0.29, 0.717) is 6.42 Å². The maximum Gasteiger partial charge on any atom is 0.379 e. The first-order valence-corrected chi connectivity index (χ1v) is 7.24. The predicted molar refractivity (Wildman–Crippen MR) is 71.2 cm³/mol. The Morgan fingerprint density at radius 2 is 1.95 bits per heavy atom. The Bertz CT molecular complexity index is 380. The second-order valence-corrected chi connectivity index (χ2v) is 5.06. The lowest BCUT2D eigenvalue weighted by Gasteiger charge is -2.20. The lowest BCUT2D eigenvalue weighted by Crippen LogP contribution is -2.41. The summed E-state index contributed by atoms with van der Waals surface area (Å²) in [6.45, 7) is 1.39. The fourth-order valence-electron chi connectivity index (χ4n) is 2.09. The quantitative estimate of drug-likeness (QED) is 0.353. The van der Waals surface area contributed by atoms with E-state index in [2.05, 4.69) is 11.7 Å². The zero-order valence-corrected chi connectivity index (χ0v) is 12.1. The molecule has 2 N–H and O–H groups in total. The first-order chi connectivity index (χ1) is 10.0. The highest BCUT2D eigenvalue weighted by atomic mass is 16.6. The number of ether oxygens (including phenoxy) is 2. The van der Waals surface area contributed by atoms with Crippen molar-refractivity contribution in [3.8, 4) is 0 Å². The number of rotatable bonds is 9. The molecule has 120 valence electrons. The summed E-state index contributed by atoms with van der Waals surface area (Å²) in [7, 11) is 0. The molecule has 21 heavy (non-hydrogen) atoms. The summed E-state index contributed by atoms with van der Waals surface area (Å²) in [5.41, 5.74) is 0. The Kier molecular flexibility index (Phi) is 7.31. The topological polar surface area (TPSA) is 110 Å². The molecule has 0 amide bonds. The van der Waals surface area contributed by atoms with Crippen LogP contribution in [0.3, 0.4) is 0 Å². The van der Waals surface area contributed by atoms with Crippen molar-refractivity contribution >= 4 is 17.7 Å². The van der Waals surface area contributed by atoms with Gasteiger partial charge < -0.3 is 19.7 Å². The molecule has 0 spiro atoms. The summed E-state index contributed by atoms with van der Waals surface area (Å²) in [6, 6.07) is 0. The molecule has 1 saturated heterocycles. The molecule has 1 aliphatic heterocycles. The number of aliphatic hydroxyl groups excluding tert-OH is 2. The zero-order valence-electron chi connectivity index (χ0n) is 12.1. The Labute approximate surface area is 123 Å². The van der Waals surface area contributed by atoms with E-state index >= 15 is 0 Å². The molecule has 1 unspecified atom stereocenters. The Morgan fingerprint density at radius 3 is 2.57 bits per heavy atom. The maximum atomic E-state index is 11.7. The first kappa shape index (κ1) is 17.6. The normalized spacial score (nSPS) is 23.0. The molecule has 1 rings (SSSR count). The molecule has 1 heterocycles. The molecule has 0 radical (unpaired) electrons. The second-order valence-electron chi connectivity index (χ2n) is 5.06. The fourth-order valence-corrected chi connectivity index (χ4v) is 2.09. The van der Waals surface area contributed by atoms with E-state index in [1.54, 1.807) is 0 Å². The summed E-state index contributed by atoms with van der Waals surface area (Å²) in [5, 5.41) is 18.3. The third-order valence-electron chi connectivity index (χ3n) is 3.31. The third-order valence-corrected chi connectivity index (χ3v) is 3.31. The number of unbranched alkanes of at least 4 members (excludes halogenated alkanes) is 4. The molecule has 1 fully saturated rings. The van der Waals surface area contributed by atoms with Crippen LogP contribution in [-0.2, 0) is 23.9 Å². The lowest BCUT2D eigenvalue weighted by atomic mass is 10.1. The molecule has 7 heteroatoms. The number of carbonyl (C=O) groups is 3. The number of ketones is 1. The molecule has 0 aliphatic carbocycles. The summed E-state index contributed by atoms with van der Waals surface area (Å²) >= 11 is 0. The van der Waals surface area contributed by atoms with E-state index in [-0.39, 0.29) is 6.42 Å². The minimum absolute atomic E-state index is 0.142. The van der Waals surface area contributed by atoms with Gasteiger partial charge in [-0.1, -0.05) is 32.6 Å². The molecule has 0 aromatic carbocycles. The van der Waals surface area contributed by atoms with Crippen LogP contribution in [0.15, 0.2) is 0 Å². The van der Waals surface area contributed by atoms with Crippen LogP contribution < -0.4 is 0 Å². The van der Waals surface area contributed by atoms with Crippen molar-refractivity contribution in [3.63, 3.8) is 0 Å². The predicted octanol–water partition coefficient (Wildman–Crippen LogP) is 0.106. The van der Waals surface area contributed by atoms with Crippen LogP contribution in [0.25, 0.3) is 0 Å². The van der Waals surface area contributed by atoms with Crippen LogP contribution in [0, 0.1) is 0 Å². The number of aliphatic hydroxyl groups is 2. The number of Topliss-reactive ketones (excluding diaryl/α,β-unsaturated/α-hetero) is 1. The van der Waals surface area contributed by atoms with Crippen molar-refractivity contribution in [2.24, 2.45) is 0 Å². The van der Waals surface area contributed by atoms with Crippen molar-refractivity contribution < 1.29 is 34.1 Å². The largest absolute Gasteiger partial charge is 0.450 e. The molecule has 3 atom stereocenters. The van der Waals surface area contributed by atoms with Gasteiger partial charge in [0.05, 0.1) is 6.61 Å². The summed E-state index contributed by atoms with van der Waals surface area (Å²) in [5.74, 6) is -2.78. The highest BCUT2D eigenvalue weighted by Gasteiger charge is 2.49. The van der Waals surface area contributed by atoms with Gasteiger partial charge in [-0.25, -0.2) is 4.79 Å². The Balaban J connectivity index is 2.44. The smallest absolute Gasteiger partial charge is 0.379 e. The van der Waals surface area contributed by atoms with Crippen molar-refractivity contribution in [1.29, 1.82) is 0 Å². The SMILES string of the molecule is CCCCCCCC(=O)OC1C(=O)C(=O)O[C@@H]1[C@@H](O)CO. The summed E-state index contributed by atoms with van der Waals surface area (Å²) in [6.07, 6.45) is 0.638. The summed E-state index contributed by atoms with van der Waals surface area (Å²) < 4.78 is 9.55. The summed E-state index contributed by atoms with van der Waals surface area (Å²) in [4.78, 5) is 34.4. The fraction of sp³-hybridized carbons (Fsp3) is 0.786. The maximum absolute atomic E-state index is 11.7. The average molecular weight is 302 g/mol. The van der Waals surface area contributed by atoms with Crippen LogP contribution in [0.2, 0.25) is 0 Å². The number of hydrogen-bond acceptors (Lipinski definition) is 7.